The molecule has 0 saturated carbocycles. The van der Waals surface area contributed by atoms with Crippen molar-refractivity contribution >= 4 is 34.8 Å². The topological polar surface area (TPSA) is 41.6 Å². The molecule has 2 aromatic carbocycles. The molecule has 0 aromatic heterocycles. The van der Waals surface area contributed by atoms with E-state index >= 15 is 0 Å². The molecule has 1 amide bonds. The Balaban J connectivity index is 1.71. The van der Waals surface area contributed by atoms with E-state index in [0.29, 0.717) is 18.1 Å². The standard InChI is InChI=1S/C22H25ClN2O2/c1-25(2)12-3-13-27-18-7-4-16(5-8-18)15-20-19-14-17(10-11-23)6-9-21(19)24-22(20)26/h4-9,14-15H,3,10-13H2,1-2H3,(H,24,26). The number of carbonyl (C=O) groups excluding carboxylic acids is 1. The highest BCUT2D eigenvalue weighted by Crippen LogP contribution is 2.34. The SMILES string of the molecule is CN(C)CCCOc1ccc(C=C2C(=O)Nc3ccc(CCCl)cc32)cc1. The molecule has 0 unspecified atom stereocenters. The molecule has 0 saturated heterocycles. The monoisotopic (exact) mass is 384 g/mol. The van der Waals surface area contributed by atoms with Crippen LogP contribution in [0.3, 0.4) is 0 Å². The summed E-state index contributed by atoms with van der Waals surface area (Å²) in [6.07, 6.45) is 3.69. The van der Waals surface area contributed by atoms with Gasteiger partial charge in [-0.05, 0) is 68.4 Å². The van der Waals surface area contributed by atoms with Gasteiger partial charge in [0.1, 0.15) is 5.75 Å². The maximum Gasteiger partial charge on any atom is 0.256 e. The van der Waals surface area contributed by atoms with Crippen LogP contribution in [0.4, 0.5) is 5.69 Å². The fraction of sp³-hybridized carbons (Fsp3) is 0.318. The lowest BCUT2D eigenvalue weighted by Crippen LogP contribution is -2.15. The molecule has 1 heterocycles. The zero-order valence-electron chi connectivity index (χ0n) is 15.8. The maximum atomic E-state index is 12.4. The van der Waals surface area contributed by atoms with Crippen molar-refractivity contribution in [3.63, 3.8) is 0 Å². The summed E-state index contributed by atoms with van der Waals surface area (Å²) >= 11 is 5.85. The number of ether oxygens (including phenoxy) is 1. The number of fused-ring (bicyclic) bond motifs is 1. The van der Waals surface area contributed by atoms with Crippen molar-refractivity contribution < 1.29 is 9.53 Å². The summed E-state index contributed by atoms with van der Waals surface area (Å²) in [6.45, 7) is 1.70. The van der Waals surface area contributed by atoms with E-state index in [1.807, 2.05) is 48.5 Å². The minimum Gasteiger partial charge on any atom is -0.494 e. The van der Waals surface area contributed by atoms with Gasteiger partial charge in [0.05, 0.1) is 6.61 Å². The average Bonchev–Trinajstić information content (AvgIpc) is 2.95. The maximum absolute atomic E-state index is 12.4. The third-order valence-corrected chi connectivity index (χ3v) is 4.65. The van der Waals surface area contributed by atoms with Crippen molar-refractivity contribution in [1.29, 1.82) is 0 Å². The fourth-order valence-corrected chi connectivity index (χ4v) is 3.26. The second-order valence-electron chi connectivity index (χ2n) is 6.91. The van der Waals surface area contributed by atoms with Crippen LogP contribution in [0.5, 0.6) is 5.75 Å². The summed E-state index contributed by atoms with van der Waals surface area (Å²) < 4.78 is 5.76. The number of hydrogen-bond donors (Lipinski definition) is 1. The number of nitrogens with zero attached hydrogens (tertiary/aromatic N) is 1. The lowest BCUT2D eigenvalue weighted by atomic mass is 10.0. The van der Waals surface area contributed by atoms with Gasteiger partial charge in [-0.3, -0.25) is 4.79 Å². The van der Waals surface area contributed by atoms with Crippen LogP contribution in [0.2, 0.25) is 0 Å². The Labute approximate surface area is 165 Å². The van der Waals surface area contributed by atoms with Crippen LogP contribution in [-0.2, 0) is 11.2 Å². The smallest absolute Gasteiger partial charge is 0.256 e. The Bertz CT molecular complexity index is 829. The van der Waals surface area contributed by atoms with Crippen LogP contribution >= 0.6 is 11.6 Å². The zero-order valence-corrected chi connectivity index (χ0v) is 16.6. The molecular formula is C22H25ClN2O2. The van der Waals surface area contributed by atoms with Crippen molar-refractivity contribution in [3.8, 4) is 5.75 Å². The highest BCUT2D eigenvalue weighted by atomic mass is 35.5. The molecule has 0 aliphatic carbocycles. The van der Waals surface area contributed by atoms with Gasteiger partial charge in [-0.1, -0.05) is 18.2 Å². The molecular weight excluding hydrogens is 360 g/mol. The van der Waals surface area contributed by atoms with E-state index in [0.717, 1.165) is 47.5 Å². The average molecular weight is 385 g/mol. The Hall–Kier alpha value is -2.30. The van der Waals surface area contributed by atoms with E-state index in [4.69, 9.17) is 16.3 Å². The Morgan fingerprint density at radius 2 is 1.93 bits per heavy atom. The summed E-state index contributed by atoms with van der Waals surface area (Å²) in [6, 6.07) is 13.8. The Morgan fingerprint density at radius 3 is 2.63 bits per heavy atom. The highest BCUT2D eigenvalue weighted by Gasteiger charge is 2.24. The van der Waals surface area contributed by atoms with Crippen LogP contribution in [0.25, 0.3) is 11.6 Å². The summed E-state index contributed by atoms with van der Waals surface area (Å²) in [5, 5.41) is 2.92. The largest absolute Gasteiger partial charge is 0.494 e. The van der Waals surface area contributed by atoms with Gasteiger partial charge in [-0.25, -0.2) is 0 Å². The molecule has 0 spiro atoms. The van der Waals surface area contributed by atoms with Crippen molar-refractivity contribution in [3.05, 3.63) is 59.2 Å². The van der Waals surface area contributed by atoms with Gasteiger partial charge >= 0.3 is 0 Å². The lowest BCUT2D eigenvalue weighted by Gasteiger charge is -2.10. The van der Waals surface area contributed by atoms with E-state index in [1.54, 1.807) is 0 Å². The molecule has 0 radical (unpaired) electrons. The van der Waals surface area contributed by atoms with Crippen LogP contribution in [0, 0.1) is 0 Å². The first-order valence-electron chi connectivity index (χ1n) is 9.17. The zero-order chi connectivity index (χ0) is 19.2. The summed E-state index contributed by atoms with van der Waals surface area (Å²) in [7, 11) is 4.11. The molecule has 0 bridgehead atoms. The predicted molar refractivity (Wildman–Crippen MR) is 112 cm³/mol. The quantitative estimate of drug-likeness (QED) is 0.419. The fourth-order valence-electron chi connectivity index (χ4n) is 3.04. The molecule has 1 aliphatic heterocycles. The number of halogens is 1. The third-order valence-electron chi connectivity index (χ3n) is 4.46. The van der Waals surface area contributed by atoms with Crippen LogP contribution in [0.1, 0.15) is 23.1 Å². The first-order valence-corrected chi connectivity index (χ1v) is 9.70. The van der Waals surface area contributed by atoms with E-state index in [-0.39, 0.29) is 5.91 Å². The number of alkyl halides is 1. The summed E-state index contributed by atoms with van der Waals surface area (Å²) in [5.41, 5.74) is 4.57. The van der Waals surface area contributed by atoms with Gasteiger partial charge in [-0.2, -0.15) is 0 Å². The first-order chi connectivity index (χ1) is 13.1. The van der Waals surface area contributed by atoms with Gasteiger partial charge in [0.25, 0.3) is 5.91 Å². The predicted octanol–water partition coefficient (Wildman–Crippen LogP) is 4.29. The number of nitrogens with one attached hydrogen (secondary N) is 1. The number of amides is 1. The second-order valence-corrected chi connectivity index (χ2v) is 7.28. The molecule has 0 fully saturated rings. The number of carbonyl (C=O) groups is 1. The minimum atomic E-state index is -0.0722. The number of hydrogen-bond acceptors (Lipinski definition) is 3. The van der Waals surface area contributed by atoms with Gasteiger partial charge in [0.2, 0.25) is 0 Å². The second kappa shape index (κ2) is 9.07. The van der Waals surface area contributed by atoms with Crippen molar-refractivity contribution in [2.75, 3.05) is 38.4 Å². The van der Waals surface area contributed by atoms with E-state index in [9.17, 15) is 4.79 Å². The van der Waals surface area contributed by atoms with Crippen molar-refractivity contribution in [1.82, 2.24) is 4.90 Å². The van der Waals surface area contributed by atoms with Crippen LogP contribution in [-0.4, -0.2) is 43.9 Å². The molecule has 142 valence electrons. The van der Waals surface area contributed by atoms with Crippen LogP contribution < -0.4 is 10.1 Å². The number of aryl methyl sites for hydroxylation is 1. The number of benzene rings is 2. The first kappa shape index (κ1) is 19.5. The van der Waals surface area contributed by atoms with Gasteiger partial charge in [-0.15, -0.1) is 11.6 Å². The molecule has 1 aliphatic rings. The third kappa shape index (κ3) is 5.12. The van der Waals surface area contributed by atoms with Gasteiger partial charge in [0, 0.05) is 29.2 Å². The lowest BCUT2D eigenvalue weighted by molar-refractivity contribution is -0.110. The molecule has 0 atom stereocenters. The minimum absolute atomic E-state index is 0.0722. The number of rotatable bonds is 8. The van der Waals surface area contributed by atoms with Gasteiger partial charge < -0.3 is 15.0 Å². The normalized spacial score (nSPS) is 14.5. The summed E-state index contributed by atoms with van der Waals surface area (Å²) in [4.78, 5) is 14.5. The van der Waals surface area contributed by atoms with Crippen molar-refractivity contribution in [2.24, 2.45) is 0 Å². The molecule has 3 rings (SSSR count). The van der Waals surface area contributed by atoms with E-state index in [2.05, 4.69) is 24.3 Å². The molecule has 4 nitrogen and oxygen atoms in total. The Kier molecular flexibility index (Phi) is 6.54. The van der Waals surface area contributed by atoms with Gasteiger partial charge in [0.15, 0.2) is 0 Å². The molecule has 1 N–H and O–H groups in total. The molecule has 2 aromatic rings. The molecule has 27 heavy (non-hydrogen) atoms. The van der Waals surface area contributed by atoms with Crippen LogP contribution in [0.15, 0.2) is 42.5 Å². The Morgan fingerprint density at radius 1 is 1.15 bits per heavy atom. The summed E-state index contributed by atoms with van der Waals surface area (Å²) in [5.74, 6) is 1.34. The molecule has 5 heteroatoms. The van der Waals surface area contributed by atoms with E-state index < -0.39 is 0 Å². The highest BCUT2D eigenvalue weighted by molar-refractivity contribution is 6.35. The number of anilines is 1. The van der Waals surface area contributed by atoms with E-state index in [1.165, 1.54) is 0 Å². The van der Waals surface area contributed by atoms with Crippen molar-refractivity contribution in [2.45, 2.75) is 12.8 Å².